The zero-order valence-electron chi connectivity index (χ0n) is 17.7. The highest BCUT2D eigenvalue weighted by Crippen LogP contribution is 2.24. The molecule has 2 aromatic rings. The van der Waals surface area contributed by atoms with Gasteiger partial charge in [0.25, 0.3) is 0 Å². The van der Waals surface area contributed by atoms with Gasteiger partial charge in [0, 0.05) is 55.2 Å². The van der Waals surface area contributed by atoms with E-state index in [1.165, 1.54) is 16.7 Å². The number of carbonyl (C=O) groups is 1. The summed E-state index contributed by atoms with van der Waals surface area (Å²) in [6.45, 7) is 15.1. The number of nitrogens with zero attached hydrogens (tertiary/aromatic N) is 3. The summed E-state index contributed by atoms with van der Waals surface area (Å²) in [6, 6.07) is 6.49. The summed E-state index contributed by atoms with van der Waals surface area (Å²) < 4.78 is 5.64. The average molecular weight is 395 g/mol. The molecule has 0 spiro atoms. The van der Waals surface area contributed by atoms with E-state index in [2.05, 4.69) is 55.4 Å². The Hall–Kier alpha value is -2.86. The summed E-state index contributed by atoms with van der Waals surface area (Å²) in [7, 11) is 0. The van der Waals surface area contributed by atoms with Crippen LogP contribution in [0.25, 0.3) is 5.70 Å². The van der Waals surface area contributed by atoms with Crippen LogP contribution in [-0.4, -0.2) is 46.6 Å². The molecule has 1 aromatic carbocycles. The Bertz CT molecular complexity index is 925. The number of hydrogen-bond donors (Lipinski definition) is 1. The summed E-state index contributed by atoms with van der Waals surface area (Å²) in [6.07, 6.45) is 2.82. The summed E-state index contributed by atoms with van der Waals surface area (Å²) in [5.74, 6) is 0.420. The molecule has 6 heteroatoms. The fourth-order valence-corrected chi connectivity index (χ4v) is 3.76. The second kappa shape index (κ2) is 8.66. The predicted molar refractivity (Wildman–Crippen MR) is 116 cm³/mol. The molecule has 0 unspecified atom stereocenters. The molecule has 29 heavy (non-hydrogen) atoms. The highest BCUT2D eigenvalue weighted by Gasteiger charge is 2.29. The Kier molecular flexibility index (Phi) is 6.23. The maximum Gasteiger partial charge on any atom is 0.415 e. The third-order valence-corrected chi connectivity index (χ3v) is 5.77. The van der Waals surface area contributed by atoms with Crippen molar-refractivity contribution in [2.45, 2.75) is 40.3 Å². The molecule has 2 heterocycles. The van der Waals surface area contributed by atoms with E-state index in [9.17, 15) is 4.79 Å². The quantitative estimate of drug-likeness (QED) is 0.857. The van der Waals surface area contributed by atoms with E-state index in [1.807, 2.05) is 6.92 Å². The monoisotopic (exact) mass is 394 g/mol. The number of rotatable bonds is 4. The van der Waals surface area contributed by atoms with E-state index < -0.39 is 0 Å². The van der Waals surface area contributed by atoms with Crippen molar-refractivity contribution in [3.05, 3.63) is 65.0 Å². The van der Waals surface area contributed by atoms with E-state index in [0.29, 0.717) is 23.6 Å². The lowest BCUT2D eigenvalue weighted by Crippen LogP contribution is -2.54. The molecule has 2 N–H and O–H groups in total. The van der Waals surface area contributed by atoms with Gasteiger partial charge in [-0.05, 0) is 44.4 Å². The zero-order valence-corrected chi connectivity index (χ0v) is 17.7. The van der Waals surface area contributed by atoms with E-state index >= 15 is 0 Å². The van der Waals surface area contributed by atoms with Crippen molar-refractivity contribution >= 4 is 11.8 Å². The lowest BCUT2D eigenvalue weighted by Gasteiger charge is -2.39. The van der Waals surface area contributed by atoms with Gasteiger partial charge in [-0.15, -0.1) is 0 Å². The highest BCUT2D eigenvalue weighted by molar-refractivity contribution is 5.73. The first-order valence-corrected chi connectivity index (χ1v) is 9.93. The second-order valence-corrected chi connectivity index (χ2v) is 7.84. The molecular formula is C23H30N4O2. The van der Waals surface area contributed by atoms with Crippen molar-refractivity contribution in [1.82, 2.24) is 14.8 Å². The predicted octanol–water partition coefficient (Wildman–Crippen LogP) is 3.64. The van der Waals surface area contributed by atoms with E-state index in [4.69, 9.17) is 10.5 Å². The molecule has 0 aliphatic carbocycles. The van der Waals surface area contributed by atoms with Crippen LogP contribution in [0.15, 0.2) is 37.2 Å². The van der Waals surface area contributed by atoms with Crippen LogP contribution >= 0.6 is 0 Å². The first-order valence-electron chi connectivity index (χ1n) is 9.93. The Morgan fingerprint density at radius 2 is 2.00 bits per heavy atom. The van der Waals surface area contributed by atoms with Gasteiger partial charge in [-0.3, -0.25) is 9.88 Å². The Morgan fingerprint density at radius 3 is 2.69 bits per heavy atom. The average Bonchev–Trinajstić information content (AvgIpc) is 2.67. The van der Waals surface area contributed by atoms with Gasteiger partial charge in [0.2, 0.25) is 0 Å². The Morgan fingerprint density at radius 1 is 1.24 bits per heavy atom. The van der Waals surface area contributed by atoms with Crippen molar-refractivity contribution in [1.29, 1.82) is 0 Å². The smallest absolute Gasteiger partial charge is 0.408 e. The van der Waals surface area contributed by atoms with Crippen molar-refractivity contribution in [3.8, 4) is 5.75 Å². The lowest BCUT2D eigenvalue weighted by atomic mass is 10.0. The van der Waals surface area contributed by atoms with Gasteiger partial charge >= 0.3 is 6.09 Å². The Balaban J connectivity index is 1.64. The first kappa shape index (κ1) is 20.9. The summed E-state index contributed by atoms with van der Waals surface area (Å²) >= 11 is 0. The molecule has 6 nitrogen and oxygen atoms in total. The SMILES string of the molecule is C=C(N)c1cncc(OC(=O)N2CCN(Cc3cccc(C)c3C)C[C@H]2C)c1C. The molecule has 1 aliphatic heterocycles. The lowest BCUT2D eigenvalue weighted by molar-refractivity contribution is 0.0750. The number of aryl methyl sites for hydroxylation is 1. The molecule has 1 aliphatic rings. The van der Waals surface area contributed by atoms with E-state index in [1.54, 1.807) is 17.3 Å². The van der Waals surface area contributed by atoms with Gasteiger partial charge in [-0.25, -0.2) is 4.79 Å². The van der Waals surface area contributed by atoms with Crippen molar-refractivity contribution in [3.63, 3.8) is 0 Å². The number of aromatic nitrogens is 1. The maximum absolute atomic E-state index is 12.8. The van der Waals surface area contributed by atoms with Crippen molar-refractivity contribution < 1.29 is 9.53 Å². The summed E-state index contributed by atoms with van der Waals surface area (Å²) in [5.41, 5.74) is 11.6. The number of amides is 1. The molecule has 154 valence electrons. The topological polar surface area (TPSA) is 71.7 Å². The standard InChI is InChI=1S/C23H30N4O2/c1-15-7-6-8-20(17(15)3)14-26-9-10-27(16(2)13-26)23(28)29-22-12-25-11-21(18(22)4)19(5)24/h6-8,11-12,16H,5,9-10,13-14,24H2,1-4H3/t16-/m1/s1. The number of ether oxygens (including phenoxy) is 1. The molecule has 1 fully saturated rings. The number of nitrogens with two attached hydrogens (primary N) is 1. The van der Waals surface area contributed by atoms with Gasteiger partial charge in [0.1, 0.15) is 0 Å². The minimum atomic E-state index is -0.353. The van der Waals surface area contributed by atoms with Gasteiger partial charge in [-0.1, -0.05) is 24.8 Å². The largest absolute Gasteiger partial charge is 0.415 e. The van der Waals surface area contributed by atoms with Gasteiger partial charge < -0.3 is 15.4 Å². The fourth-order valence-electron chi connectivity index (χ4n) is 3.76. The third-order valence-electron chi connectivity index (χ3n) is 5.77. The number of pyridine rings is 1. The van der Waals surface area contributed by atoms with Crippen molar-refractivity contribution in [2.24, 2.45) is 5.73 Å². The van der Waals surface area contributed by atoms with Crippen LogP contribution in [0, 0.1) is 20.8 Å². The van der Waals surface area contributed by atoms with Gasteiger partial charge in [-0.2, -0.15) is 0 Å². The molecule has 1 aromatic heterocycles. The molecule has 1 atom stereocenters. The number of piperazine rings is 1. The molecular weight excluding hydrogens is 364 g/mol. The van der Waals surface area contributed by atoms with Crippen molar-refractivity contribution in [2.75, 3.05) is 19.6 Å². The summed E-state index contributed by atoms with van der Waals surface area (Å²) in [4.78, 5) is 21.1. The van der Waals surface area contributed by atoms with E-state index in [-0.39, 0.29) is 12.1 Å². The van der Waals surface area contributed by atoms with Gasteiger partial charge in [0.05, 0.1) is 6.20 Å². The number of benzene rings is 1. The van der Waals surface area contributed by atoms with Crippen LogP contribution in [0.3, 0.4) is 0 Å². The third kappa shape index (κ3) is 4.59. The van der Waals surface area contributed by atoms with Crippen LogP contribution in [-0.2, 0) is 6.54 Å². The number of hydrogen-bond acceptors (Lipinski definition) is 5. The molecule has 0 radical (unpaired) electrons. The first-order chi connectivity index (χ1) is 13.8. The summed E-state index contributed by atoms with van der Waals surface area (Å²) in [5, 5.41) is 0. The normalized spacial score (nSPS) is 17.2. The molecule has 1 saturated heterocycles. The minimum Gasteiger partial charge on any atom is -0.408 e. The van der Waals surface area contributed by atoms with Crippen LogP contribution in [0.1, 0.15) is 34.7 Å². The number of carbonyl (C=O) groups excluding carboxylic acids is 1. The molecule has 1 amide bonds. The van der Waals surface area contributed by atoms with E-state index in [0.717, 1.165) is 25.2 Å². The zero-order chi connectivity index (χ0) is 21.1. The van der Waals surface area contributed by atoms with Crippen LogP contribution in [0.4, 0.5) is 4.79 Å². The van der Waals surface area contributed by atoms with Gasteiger partial charge in [0.15, 0.2) is 5.75 Å². The molecule has 3 rings (SSSR count). The molecule has 0 saturated carbocycles. The molecule has 0 bridgehead atoms. The van der Waals surface area contributed by atoms with Crippen LogP contribution in [0.2, 0.25) is 0 Å². The fraction of sp³-hybridized carbons (Fsp3) is 0.391. The highest BCUT2D eigenvalue weighted by atomic mass is 16.6. The van der Waals surface area contributed by atoms with Crippen LogP contribution < -0.4 is 10.5 Å². The second-order valence-electron chi connectivity index (χ2n) is 7.84. The van der Waals surface area contributed by atoms with Crippen LogP contribution in [0.5, 0.6) is 5.75 Å². The Labute approximate surface area is 173 Å². The maximum atomic E-state index is 12.8. The minimum absolute atomic E-state index is 0.0577.